The van der Waals surface area contributed by atoms with Crippen molar-refractivity contribution in [1.82, 2.24) is 14.6 Å². The van der Waals surface area contributed by atoms with Crippen LogP contribution in [0, 0.1) is 3.70 Å². The van der Waals surface area contributed by atoms with Gasteiger partial charge in [0, 0.05) is 0 Å². The van der Waals surface area contributed by atoms with Gasteiger partial charge in [-0.15, -0.1) is 0 Å². The number of aromatic nitrogens is 3. The summed E-state index contributed by atoms with van der Waals surface area (Å²) in [4.78, 5) is 4.24. The number of hydrogen-bond donors (Lipinski definition) is 0. The SMILES string of the molecule is Clc1cc(Br)c2nc(I)cn2n1. The van der Waals surface area contributed by atoms with Gasteiger partial charge in [0.1, 0.15) is 3.70 Å². The van der Waals surface area contributed by atoms with Crippen molar-refractivity contribution in [2.75, 3.05) is 0 Å². The average molecular weight is 358 g/mol. The molecule has 2 rings (SSSR count). The minimum absolute atomic E-state index is 0.447. The third kappa shape index (κ3) is 1.45. The normalized spacial score (nSPS) is 10.9. The van der Waals surface area contributed by atoms with Gasteiger partial charge in [-0.05, 0) is 44.6 Å². The van der Waals surface area contributed by atoms with Crippen molar-refractivity contribution >= 4 is 55.8 Å². The Bertz CT molecular complexity index is 442. The molecule has 0 spiro atoms. The molecule has 3 nitrogen and oxygen atoms in total. The zero-order valence-corrected chi connectivity index (χ0v) is 10.1. The van der Waals surface area contributed by atoms with Crippen LogP contribution < -0.4 is 0 Å². The van der Waals surface area contributed by atoms with E-state index in [1.165, 1.54) is 0 Å². The molecule has 0 amide bonds. The van der Waals surface area contributed by atoms with Crippen LogP contribution in [0.25, 0.3) is 5.65 Å². The number of nitrogens with zero attached hydrogens (tertiary/aromatic N) is 3. The molecule has 12 heavy (non-hydrogen) atoms. The maximum Gasteiger partial charge on any atom is 0.169 e. The first kappa shape index (κ1) is 8.71. The van der Waals surface area contributed by atoms with E-state index >= 15 is 0 Å². The van der Waals surface area contributed by atoms with Gasteiger partial charge in [-0.3, -0.25) is 0 Å². The summed E-state index contributed by atoms with van der Waals surface area (Å²) in [5.74, 6) is 0. The first-order valence-electron chi connectivity index (χ1n) is 3.04. The van der Waals surface area contributed by atoms with Crippen molar-refractivity contribution in [3.8, 4) is 0 Å². The topological polar surface area (TPSA) is 30.2 Å². The second kappa shape index (κ2) is 3.12. The lowest BCUT2D eigenvalue weighted by atomic mass is 10.6. The molecule has 0 aliphatic carbocycles. The van der Waals surface area contributed by atoms with Crippen LogP contribution >= 0.6 is 50.1 Å². The predicted molar refractivity (Wildman–Crippen MR) is 58.4 cm³/mol. The molecule has 0 fully saturated rings. The highest BCUT2D eigenvalue weighted by Gasteiger charge is 2.04. The Balaban J connectivity index is 2.88. The van der Waals surface area contributed by atoms with Crippen molar-refractivity contribution in [3.05, 3.63) is 25.6 Å². The standard InChI is InChI=1S/C6H2BrClIN3/c7-3-1-4(8)11-12-2-5(9)10-6(3)12/h1-2H. The van der Waals surface area contributed by atoms with Crippen LogP contribution in [0.1, 0.15) is 0 Å². The van der Waals surface area contributed by atoms with Crippen molar-refractivity contribution in [2.45, 2.75) is 0 Å². The van der Waals surface area contributed by atoms with Gasteiger partial charge in [0.2, 0.25) is 0 Å². The lowest BCUT2D eigenvalue weighted by molar-refractivity contribution is 0.931. The van der Waals surface area contributed by atoms with Gasteiger partial charge >= 0.3 is 0 Å². The van der Waals surface area contributed by atoms with E-state index in [-0.39, 0.29) is 0 Å². The number of rotatable bonds is 0. The quantitative estimate of drug-likeness (QED) is 0.678. The Kier molecular flexibility index (Phi) is 2.26. The van der Waals surface area contributed by atoms with E-state index in [0.717, 1.165) is 13.8 Å². The first-order valence-corrected chi connectivity index (χ1v) is 5.29. The maximum absolute atomic E-state index is 5.74. The fourth-order valence-corrected chi connectivity index (χ4v) is 2.19. The van der Waals surface area contributed by atoms with Crippen molar-refractivity contribution in [1.29, 1.82) is 0 Å². The van der Waals surface area contributed by atoms with Gasteiger partial charge < -0.3 is 0 Å². The first-order chi connectivity index (χ1) is 5.66. The van der Waals surface area contributed by atoms with Crippen LogP contribution in [-0.2, 0) is 0 Å². The zero-order valence-electron chi connectivity index (χ0n) is 5.63. The fraction of sp³-hybridized carbons (Fsp3) is 0. The van der Waals surface area contributed by atoms with E-state index < -0.39 is 0 Å². The second-order valence-corrected chi connectivity index (χ2v) is 4.49. The molecule has 0 saturated heterocycles. The van der Waals surface area contributed by atoms with Gasteiger partial charge in [-0.1, -0.05) is 11.6 Å². The van der Waals surface area contributed by atoms with Crippen molar-refractivity contribution < 1.29 is 0 Å². The van der Waals surface area contributed by atoms with E-state index in [0.29, 0.717) is 5.15 Å². The Morgan fingerprint density at radius 1 is 1.58 bits per heavy atom. The lowest BCUT2D eigenvalue weighted by Gasteiger charge is -1.94. The monoisotopic (exact) mass is 357 g/mol. The molecule has 0 N–H and O–H groups in total. The van der Waals surface area contributed by atoms with E-state index in [9.17, 15) is 0 Å². The molecule has 2 aromatic heterocycles. The molecule has 6 heteroatoms. The van der Waals surface area contributed by atoms with Gasteiger partial charge in [0.05, 0.1) is 10.7 Å². The zero-order chi connectivity index (χ0) is 8.72. The van der Waals surface area contributed by atoms with Crippen LogP contribution in [0.15, 0.2) is 16.7 Å². The molecule has 0 atom stereocenters. The number of halogens is 3. The molecule has 0 aliphatic heterocycles. The third-order valence-corrected chi connectivity index (χ3v) is 2.61. The molecule has 0 aliphatic rings. The minimum atomic E-state index is 0.447. The average Bonchev–Trinajstić information content (AvgIpc) is 2.29. The van der Waals surface area contributed by atoms with Crippen molar-refractivity contribution in [3.63, 3.8) is 0 Å². The van der Waals surface area contributed by atoms with E-state index in [2.05, 4.69) is 48.6 Å². The molecule has 0 bridgehead atoms. The van der Waals surface area contributed by atoms with E-state index in [4.69, 9.17) is 11.6 Å². The Hall–Kier alpha value is 0.120. The van der Waals surface area contributed by atoms with E-state index in [1.54, 1.807) is 10.6 Å². The van der Waals surface area contributed by atoms with Crippen LogP contribution in [0.5, 0.6) is 0 Å². The summed E-state index contributed by atoms with van der Waals surface area (Å²) in [5, 5.41) is 4.49. The summed E-state index contributed by atoms with van der Waals surface area (Å²) in [6.07, 6.45) is 1.81. The molecule has 2 aromatic rings. The Labute approximate surface area is 95.4 Å². The van der Waals surface area contributed by atoms with Gasteiger partial charge in [0.15, 0.2) is 10.8 Å². The number of imidazole rings is 1. The largest absolute Gasteiger partial charge is 0.220 e. The summed E-state index contributed by atoms with van der Waals surface area (Å²) in [7, 11) is 0. The summed E-state index contributed by atoms with van der Waals surface area (Å²) in [5.41, 5.74) is 0.781. The van der Waals surface area contributed by atoms with Crippen LogP contribution in [-0.4, -0.2) is 14.6 Å². The summed E-state index contributed by atoms with van der Waals surface area (Å²) >= 11 is 11.2. The fourth-order valence-electron chi connectivity index (χ4n) is 0.883. The maximum atomic E-state index is 5.74. The molecular formula is C6H2BrClIN3. The summed E-state index contributed by atoms with van der Waals surface area (Å²) in [6.45, 7) is 0. The van der Waals surface area contributed by atoms with Crippen LogP contribution in [0.2, 0.25) is 5.15 Å². The van der Waals surface area contributed by atoms with Crippen LogP contribution in [0.4, 0.5) is 0 Å². The highest BCUT2D eigenvalue weighted by molar-refractivity contribution is 14.1. The second-order valence-electron chi connectivity index (χ2n) is 2.15. The molecular weight excluding hydrogens is 356 g/mol. The Morgan fingerprint density at radius 3 is 3.08 bits per heavy atom. The smallest absolute Gasteiger partial charge is 0.169 e. The Morgan fingerprint density at radius 2 is 2.33 bits per heavy atom. The van der Waals surface area contributed by atoms with Gasteiger partial charge in [-0.25, -0.2) is 9.50 Å². The highest BCUT2D eigenvalue weighted by atomic mass is 127. The highest BCUT2D eigenvalue weighted by Crippen LogP contribution is 2.20. The molecule has 62 valence electrons. The number of hydrogen-bond acceptors (Lipinski definition) is 2. The molecule has 0 saturated carbocycles. The minimum Gasteiger partial charge on any atom is -0.220 e. The van der Waals surface area contributed by atoms with Gasteiger partial charge in [-0.2, -0.15) is 5.10 Å². The summed E-state index contributed by atoms with van der Waals surface area (Å²) < 4.78 is 3.39. The lowest BCUT2D eigenvalue weighted by Crippen LogP contribution is -1.90. The molecule has 0 aromatic carbocycles. The van der Waals surface area contributed by atoms with Crippen LogP contribution in [0.3, 0.4) is 0 Å². The molecule has 0 unspecified atom stereocenters. The third-order valence-electron chi connectivity index (χ3n) is 1.32. The van der Waals surface area contributed by atoms with Crippen molar-refractivity contribution in [2.24, 2.45) is 0 Å². The molecule has 2 heterocycles. The van der Waals surface area contributed by atoms with E-state index in [1.807, 2.05) is 6.20 Å². The number of fused-ring (bicyclic) bond motifs is 1. The summed E-state index contributed by atoms with van der Waals surface area (Å²) in [6, 6.07) is 1.72. The predicted octanol–water partition coefficient (Wildman–Crippen LogP) is 2.75. The molecule has 0 radical (unpaired) electrons. The van der Waals surface area contributed by atoms with Gasteiger partial charge in [0.25, 0.3) is 0 Å².